The molecule has 0 spiro atoms. The Morgan fingerprint density at radius 3 is 2.55 bits per heavy atom. The Bertz CT molecular complexity index is 1530. The number of carboxylic acid groups (broad SMARTS) is 1. The van der Waals surface area contributed by atoms with E-state index in [-0.39, 0.29) is 17.4 Å². The highest BCUT2D eigenvalue weighted by Gasteiger charge is 2.47. The molecule has 2 N–H and O–H groups in total. The quantitative estimate of drug-likeness (QED) is 0.175. The number of nitrogens with zero attached hydrogens (tertiary/aromatic N) is 2. The fourth-order valence-corrected chi connectivity index (χ4v) is 8.23. The minimum absolute atomic E-state index is 0.0698. The summed E-state index contributed by atoms with van der Waals surface area (Å²) >= 11 is 0. The molecule has 3 aliphatic heterocycles. The molecule has 6 rings (SSSR count). The first-order chi connectivity index (χ1) is 21.1. The van der Waals surface area contributed by atoms with Gasteiger partial charge in [-0.15, -0.1) is 6.58 Å². The zero-order valence-electron chi connectivity index (χ0n) is 26.1. The lowest BCUT2D eigenvalue weighted by Gasteiger charge is -2.50. The van der Waals surface area contributed by atoms with Crippen molar-refractivity contribution in [2.75, 3.05) is 20.2 Å². The average Bonchev–Trinajstić information content (AvgIpc) is 3.06. The number of hydrogen-bond acceptors (Lipinski definition) is 7. The Kier molecular flexibility index (Phi) is 11.2. The third-order valence-corrected chi connectivity index (χ3v) is 11.9. The summed E-state index contributed by atoms with van der Waals surface area (Å²) in [6.07, 6.45) is 9.22. The predicted molar refractivity (Wildman–Crippen MR) is 173 cm³/mol. The fraction of sp³-hybridized carbons (Fsp3) is 0.486. The minimum Gasteiger partial charge on any atom is -0.497 e. The largest absolute Gasteiger partial charge is 0.497 e. The lowest BCUT2D eigenvalue weighted by atomic mass is 9.73. The highest BCUT2D eigenvalue weighted by atomic mass is 32.2. The summed E-state index contributed by atoms with van der Waals surface area (Å²) in [6, 6.07) is 15.8. The van der Waals surface area contributed by atoms with E-state index in [4.69, 9.17) is 4.74 Å². The third-order valence-electron chi connectivity index (χ3n) is 9.43. The highest BCUT2D eigenvalue weighted by Crippen LogP contribution is 2.42. The number of aliphatic carboxylic acids is 1. The number of aliphatic hydroxyl groups excluding tert-OH is 1. The minimum atomic E-state index is -3.89. The molecule has 0 aliphatic carbocycles. The van der Waals surface area contributed by atoms with Gasteiger partial charge in [-0.05, 0) is 86.5 Å². The number of carboxylic acids is 1. The van der Waals surface area contributed by atoms with Crippen LogP contribution in [0.5, 0.6) is 5.75 Å². The number of pyridine rings is 1. The number of aromatic nitrogens is 1. The van der Waals surface area contributed by atoms with Crippen LogP contribution in [0.4, 0.5) is 0 Å². The smallest absolute Gasteiger partial charge is 0.325 e. The first kappa shape index (κ1) is 33.6. The normalized spacial score (nSPS) is 23.2. The second kappa shape index (κ2) is 14.7. The van der Waals surface area contributed by atoms with Crippen LogP contribution in [0.3, 0.4) is 0 Å². The van der Waals surface area contributed by atoms with Gasteiger partial charge in [0.15, 0.2) is 14.6 Å². The van der Waals surface area contributed by atoms with E-state index in [1.807, 2.05) is 24.3 Å². The van der Waals surface area contributed by atoms with Gasteiger partial charge in [-0.25, -0.2) is 8.42 Å². The number of benzene rings is 2. The van der Waals surface area contributed by atoms with Crippen molar-refractivity contribution in [3.05, 3.63) is 79.0 Å². The molecule has 8 nitrogen and oxygen atoms in total. The van der Waals surface area contributed by atoms with E-state index < -0.39 is 26.7 Å². The van der Waals surface area contributed by atoms with Crippen LogP contribution in [-0.2, 0) is 14.6 Å². The summed E-state index contributed by atoms with van der Waals surface area (Å²) in [7, 11) is -2.23. The second-order valence-corrected chi connectivity index (χ2v) is 14.5. The number of hydrogen-bond donors (Lipinski definition) is 2. The Balaban J connectivity index is 0.000000205. The van der Waals surface area contributed by atoms with E-state index >= 15 is 0 Å². The van der Waals surface area contributed by atoms with Gasteiger partial charge in [0.05, 0.1) is 23.6 Å². The maximum atomic E-state index is 12.6. The molecule has 6 unspecified atom stereocenters. The van der Waals surface area contributed by atoms with Gasteiger partial charge in [0.25, 0.3) is 0 Å². The van der Waals surface area contributed by atoms with E-state index in [1.54, 1.807) is 31.5 Å². The molecule has 44 heavy (non-hydrogen) atoms. The van der Waals surface area contributed by atoms with Crippen LogP contribution in [0.25, 0.3) is 10.9 Å². The molecule has 1 aromatic heterocycles. The summed E-state index contributed by atoms with van der Waals surface area (Å²) in [5.74, 6) is 0.727. The molecule has 2 bridgehead atoms. The highest BCUT2D eigenvalue weighted by molar-refractivity contribution is 7.93. The van der Waals surface area contributed by atoms with Gasteiger partial charge in [-0.1, -0.05) is 56.9 Å². The van der Waals surface area contributed by atoms with Crippen molar-refractivity contribution in [1.82, 2.24) is 9.88 Å². The van der Waals surface area contributed by atoms with E-state index in [0.29, 0.717) is 18.3 Å². The number of rotatable bonds is 12. The summed E-state index contributed by atoms with van der Waals surface area (Å²) in [5.41, 5.74) is 1.85. The summed E-state index contributed by atoms with van der Waals surface area (Å²) < 4.78 is 28.7. The number of sulfone groups is 1. The molecule has 3 aromatic rings. The molecule has 6 atom stereocenters. The molecule has 0 saturated carbocycles. The van der Waals surface area contributed by atoms with Gasteiger partial charge in [-0.3, -0.25) is 14.7 Å². The first-order valence-corrected chi connectivity index (χ1v) is 17.1. The summed E-state index contributed by atoms with van der Waals surface area (Å²) in [6.45, 7) is 9.43. The molecule has 0 radical (unpaired) electrons. The Hall–Kier alpha value is -3.27. The SMILES string of the molecule is C=CC1CN2CCC1CC2C(O)c1ccnc2ccc(OC)cc12.CCCCCCC(C)(C(=O)O)S(=O)(=O)c1ccccc1. The Morgan fingerprint density at radius 2 is 1.93 bits per heavy atom. The third kappa shape index (κ3) is 7.00. The predicted octanol–water partition coefficient (Wildman–Crippen LogP) is 6.45. The molecular weight excluding hydrogens is 576 g/mol. The van der Waals surface area contributed by atoms with Crippen LogP contribution in [0.15, 0.2) is 78.3 Å². The summed E-state index contributed by atoms with van der Waals surface area (Å²) in [5, 5.41) is 21.5. The maximum absolute atomic E-state index is 12.6. The zero-order chi connectivity index (χ0) is 31.9. The van der Waals surface area contributed by atoms with Crippen LogP contribution in [-0.4, -0.2) is 65.5 Å². The lowest BCUT2D eigenvalue weighted by Crippen LogP contribution is -2.54. The van der Waals surface area contributed by atoms with E-state index in [1.165, 1.54) is 25.5 Å². The number of unbranched alkanes of at least 4 members (excludes halogenated alkanes) is 3. The van der Waals surface area contributed by atoms with Crippen LogP contribution in [0.2, 0.25) is 0 Å². The van der Waals surface area contributed by atoms with Crippen molar-refractivity contribution in [2.45, 2.75) is 80.6 Å². The van der Waals surface area contributed by atoms with Gasteiger partial charge in [0, 0.05) is 24.2 Å². The maximum Gasteiger partial charge on any atom is 0.325 e. The number of methoxy groups -OCH3 is 1. The van der Waals surface area contributed by atoms with Crippen LogP contribution >= 0.6 is 0 Å². The molecule has 2 aromatic carbocycles. The Morgan fingerprint density at radius 1 is 1.18 bits per heavy atom. The average molecular weight is 623 g/mol. The molecule has 9 heteroatoms. The number of carbonyl (C=O) groups is 1. The number of piperidine rings is 3. The van der Waals surface area contributed by atoms with Crippen molar-refractivity contribution < 1.29 is 28.2 Å². The number of fused-ring (bicyclic) bond motifs is 4. The van der Waals surface area contributed by atoms with Crippen molar-refractivity contribution >= 4 is 26.7 Å². The van der Waals surface area contributed by atoms with Crippen molar-refractivity contribution in [3.8, 4) is 5.75 Å². The van der Waals surface area contributed by atoms with E-state index in [0.717, 1.165) is 61.0 Å². The van der Waals surface area contributed by atoms with Crippen molar-refractivity contribution in [1.29, 1.82) is 0 Å². The monoisotopic (exact) mass is 622 g/mol. The van der Waals surface area contributed by atoms with Crippen LogP contribution in [0.1, 0.15) is 70.5 Å². The van der Waals surface area contributed by atoms with Gasteiger partial charge < -0.3 is 14.9 Å². The number of ether oxygens (including phenoxy) is 1. The Labute approximate surface area is 261 Å². The zero-order valence-corrected chi connectivity index (χ0v) is 26.9. The van der Waals surface area contributed by atoms with Crippen molar-refractivity contribution in [2.24, 2.45) is 11.8 Å². The van der Waals surface area contributed by atoms with E-state index in [9.17, 15) is 23.4 Å². The molecule has 3 aliphatic rings. The van der Waals surface area contributed by atoms with Gasteiger partial charge in [0.2, 0.25) is 0 Å². The van der Waals surface area contributed by atoms with Crippen LogP contribution in [0, 0.1) is 11.8 Å². The molecule has 0 amide bonds. The van der Waals surface area contributed by atoms with Crippen LogP contribution < -0.4 is 4.74 Å². The molecule has 3 saturated heterocycles. The first-order valence-electron chi connectivity index (χ1n) is 15.6. The van der Waals surface area contributed by atoms with Gasteiger partial charge in [0.1, 0.15) is 5.75 Å². The molecule has 4 heterocycles. The molecular formula is C35H46N2O6S. The topological polar surface area (TPSA) is 117 Å². The molecule has 238 valence electrons. The standard InChI is InChI=1S/C20H24N2O2.C15H22O4S/c1-3-13-12-22-9-7-14(13)10-19(22)20(23)16-6-8-21-18-5-4-15(24-2)11-17(16)18;1-3-4-5-9-12-15(2,14(16)17)20(18,19)13-10-7-6-8-11-13/h3-6,8,11,13-14,19-20,23H,1,7,9-10,12H2,2H3;6-8,10-11H,3-5,9,12H2,1-2H3,(H,16,17). The van der Waals surface area contributed by atoms with E-state index in [2.05, 4.69) is 29.5 Å². The lowest BCUT2D eigenvalue weighted by molar-refractivity contribution is -0.139. The van der Waals surface area contributed by atoms with Crippen molar-refractivity contribution in [3.63, 3.8) is 0 Å². The van der Waals surface area contributed by atoms with Gasteiger partial charge >= 0.3 is 5.97 Å². The van der Waals surface area contributed by atoms with Gasteiger partial charge in [-0.2, -0.15) is 0 Å². The second-order valence-electron chi connectivity index (χ2n) is 12.1. The fourth-order valence-electron chi connectivity index (χ4n) is 6.55. The molecule has 3 fully saturated rings. The number of aliphatic hydroxyl groups is 1. The summed E-state index contributed by atoms with van der Waals surface area (Å²) in [4.78, 5) is 18.5.